The Morgan fingerprint density at radius 1 is 1.08 bits per heavy atom. The van der Waals surface area contributed by atoms with Crippen molar-refractivity contribution >= 4 is 29.4 Å². The molecule has 3 aromatic rings. The van der Waals surface area contributed by atoms with E-state index in [4.69, 9.17) is 19.3 Å². The first-order valence-corrected chi connectivity index (χ1v) is 12.5. The minimum absolute atomic E-state index is 0.204. The smallest absolute Gasteiger partial charge is 0.341 e. The summed E-state index contributed by atoms with van der Waals surface area (Å²) in [5.74, 6) is -0.946. The molecule has 37 heavy (non-hydrogen) atoms. The maximum atomic E-state index is 13.7. The molecule has 1 atom stereocenters. The number of thiazole rings is 1. The first-order chi connectivity index (χ1) is 17.8. The van der Waals surface area contributed by atoms with E-state index in [0.29, 0.717) is 44.3 Å². The van der Waals surface area contributed by atoms with Crippen molar-refractivity contribution < 1.29 is 28.9 Å². The molecule has 9 nitrogen and oxygen atoms in total. The predicted octanol–water partition coefficient (Wildman–Crippen LogP) is 2.66. The molecule has 10 heteroatoms. The molecule has 0 radical (unpaired) electrons. The number of ether oxygens (including phenoxy) is 3. The summed E-state index contributed by atoms with van der Waals surface area (Å²) in [6.07, 6.45) is 1.71. The summed E-state index contributed by atoms with van der Waals surface area (Å²) >= 11 is 1.22. The first kappa shape index (κ1) is 25.9. The van der Waals surface area contributed by atoms with Gasteiger partial charge in [0, 0.05) is 0 Å². The van der Waals surface area contributed by atoms with Crippen molar-refractivity contribution in [3.8, 4) is 11.5 Å². The van der Waals surface area contributed by atoms with Crippen molar-refractivity contribution in [2.45, 2.75) is 26.8 Å². The van der Waals surface area contributed by atoms with Gasteiger partial charge in [0.05, 0.1) is 35.1 Å². The number of benzene rings is 2. The molecule has 1 N–H and O–H groups in total. The molecular weight excluding hydrogens is 496 g/mol. The molecule has 0 amide bonds. The lowest BCUT2D eigenvalue weighted by atomic mass is 9.96. The van der Waals surface area contributed by atoms with Crippen LogP contribution in [0.25, 0.3) is 6.08 Å². The van der Waals surface area contributed by atoms with Gasteiger partial charge in [0.1, 0.15) is 0 Å². The molecule has 2 aromatic carbocycles. The topological polar surface area (TPSA) is 116 Å². The molecule has 0 spiro atoms. The van der Waals surface area contributed by atoms with Gasteiger partial charge in [-0.15, -0.1) is 0 Å². The van der Waals surface area contributed by atoms with E-state index < -0.39 is 24.6 Å². The summed E-state index contributed by atoms with van der Waals surface area (Å²) in [7, 11) is 0. The number of hydrogen-bond acceptors (Lipinski definition) is 8. The number of esters is 1. The molecular formula is C27H26N2O7S. The van der Waals surface area contributed by atoms with E-state index in [2.05, 4.69) is 4.99 Å². The molecule has 0 saturated heterocycles. The van der Waals surface area contributed by atoms with Crippen molar-refractivity contribution in [1.82, 2.24) is 4.57 Å². The number of carboxylic acids is 1. The number of nitrogens with zero attached hydrogens (tertiary/aromatic N) is 2. The fraction of sp³-hybridized carbons (Fsp3) is 0.259. The summed E-state index contributed by atoms with van der Waals surface area (Å²) < 4.78 is 18.2. The van der Waals surface area contributed by atoms with Crippen LogP contribution in [-0.2, 0) is 14.3 Å². The predicted molar refractivity (Wildman–Crippen MR) is 138 cm³/mol. The number of carbonyl (C=O) groups is 2. The Hall–Kier alpha value is -4.18. The van der Waals surface area contributed by atoms with Gasteiger partial charge in [-0.05, 0) is 50.1 Å². The molecule has 4 rings (SSSR count). The van der Waals surface area contributed by atoms with Gasteiger partial charge < -0.3 is 19.3 Å². The zero-order valence-corrected chi connectivity index (χ0v) is 21.4. The van der Waals surface area contributed by atoms with Gasteiger partial charge in [-0.2, -0.15) is 0 Å². The minimum atomic E-state index is -1.10. The van der Waals surface area contributed by atoms with Gasteiger partial charge in [-0.25, -0.2) is 14.6 Å². The highest BCUT2D eigenvalue weighted by atomic mass is 32.1. The van der Waals surface area contributed by atoms with Crippen molar-refractivity contribution in [1.29, 1.82) is 0 Å². The van der Waals surface area contributed by atoms with Gasteiger partial charge in [0.15, 0.2) is 22.9 Å². The molecule has 0 saturated carbocycles. The van der Waals surface area contributed by atoms with Crippen LogP contribution in [0.3, 0.4) is 0 Å². The molecule has 1 aliphatic rings. The van der Waals surface area contributed by atoms with Gasteiger partial charge >= 0.3 is 11.9 Å². The Morgan fingerprint density at radius 2 is 1.84 bits per heavy atom. The average Bonchev–Trinajstić information content (AvgIpc) is 3.17. The number of carboxylic acid groups (broad SMARTS) is 1. The molecule has 0 fully saturated rings. The van der Waals surface area contributed by atoms with E-state index in [1.54, 1.807) is 45.0 Å². The van der Waals surface area contributed by atoms with Gasteiger partial charge in [0.25, 0.3) is 5.56 Å². The lowest BCUT2D eigenvalue weighted by Crippen LogP contribution is -2.39. The Kier molecular flexibility index (Phi) is 7.88. The lowest BCUT2D eigenvalue weighted by molar-refractivity contribution is -0.140. The van der Waals surface area contributed by atoms with Gasteiger partial charge in [-0.1, -0.05) is 47.7 Å². The third kappa shape index (κ3) is 5.49. The maximum Gasteiger partial charge on any atom is 0.341 e. The molecule has 0 aliphatic carbocycles. The van der Waals surface area contributed by atoms with Crippen LogP contribution in [0.5, 0.6) is 11.5 Å². The van der Waals surface area contributed by atoms with Crippen LogP contribution >= 0.6 is 11.3 Å². The van der Waals surface area contributed by atoms with Gasteiger partial charge in [-0.3, -0.25) is 9.36 Å². The number of aliphatic carboxylic acids is 1. The lowest BCUT2D eigenvalue weighted by Gasteiger charge is -2.24. The Labute approximate surface area is 216 Å². The van der Waals surface area contributed by atoms with E-state index in [1.165, 1.54) is 15.9 Å². The van der Waals surface area contributed by atoms with Crippen molar-refractivity contribution in [2.75, 3.05) is 19.8 Å². The Morgan fingerprint density at radius 3 is 2.51 bits per heavy atom. The third-order valence-corrected chi connectivity index (χ3v) is 6.53. The second-order valence-corrected chi connectivity index (χ2v) is 9.04. The van der Waals surface area contributed by atoms with Crippen LogP contribution < -0.4 is 24.4 Å². The van der Waals surface area contributed by atoms with E-state index in [9.17, 15) is 14.4 Å². The first-order valence-electron chi connectivity index (χ1n) is 11.7. The zero-order chi connectivity index (χ0) is 26.5. The van der Waals surface area contributed by atoms with E-state index in [-0.39, 0.29) is 12.2 Å². The van der Waals surface area contributed by atoms with Crippen LogP contribution in [0.2, 0.25) is 0 Å². The number of aromatic nitrogens is 1. The maximum absolute atomic E-state index is 13.7. The average molecular weight is 523 g/mol. The highest BCUT2D eigenvalue weighted by molar-refractivity contribution is 7.07. The van der Waals surface area contributed by atoms with Crippen LogP contribution in [0, 0.1) is 0 Å². The fourth-order valence-corrected chi connectivity index (χ4v) is 5.08. The molecule has 0 bridgehead atoms. The third-order valence-electron chi connectivity index (χ3n) is 5.55. The Balaban J connectivity index is 1.84. The summed E-state index contributed by atoms with van der Waals surface area (Å²) in [5, 5.41) is 8.91. The number of fused-ring (bicyclic) bond motifs is 1. The number of carbonyl (C=O) groups excluding carboxylic acids is 1. The number of hydrogen-bond donors (Lipinski definition) is 1. The SMILES string of the molecule is CCOC(=O)C1=C(C)N=c2s/c(=C\c3ccc(OCC(=O)O)c(OCC)c3)c(=O)n2[C@H]1c1ccccc1. The fourth-order valence-electron chi connectivity index (χ4n) is 4.04. The molecule has 2 heterocycles. The van der Waals surface area contributed by atoms with Crippen molar-refractivity contribution in [2.24, 2.45) is 4.99 Å². The normalized spacial score (nSPS) is 15.1. The van der Waals surface area contributed by atoms with E-state index in [0.717, 1.165) is 5.56 Å². The number of rotatable bonds is 9. The quantitative estimate of drug-likeness (QED) is 0.430. The molecule has 1 aromatic heterocycles. The highest BCUT2D eigenvalue weighted by Gasteiger charge is 2.33. The second-order valence-electron chi connectivity index (χ2n) is 8.03. The Bertz CT molecular complexity index is 1540. The standard InChI is InChI=1S/C27H26N2O7S/c1-4-34-20-13-17(11-12-19(20)36-15-22(30)31)14-21-25(32)29-24(18-9-7-6-8-10-18)23(26(33)35-5-2)16(3)28-27(29)37-21/h6-14,24H,4-5,15H2,1-3H3,(H,30,31)/b21-14-/t24-/m0/s1. The van der Waals surface area contributed by atoms with Gasteiger partial charge in [0.2, 0.25) is 0 Å². The summed E-state index contributed by atoms with van der Waals surface area (Å²) in [6.45, 7) is 5.33. The molecule has 192 valence electrons. The second kappa shape index (κ2) is 11.3. The minimum Gasteiger partial charge on any atom is -0.490 e. The van der Waals surface area contributed by atoms with Crippen LogP contribution in [0.4, 0.5) is 0 Å². The van der Waals surface area contributed by atoms with Crippen LogP contribution in [0.15, 0.2) is 69.6 Å². The molecule has 0 unspecified atom stereocenters. The number of allylic oxidation sites excluding steroid dienone is 1. The van der Waals surface area contributed by atoms with E-state index >= 15 is 0 Å². The zero-order valence-electron chi connectivity index (χ0n) is 20.6. The summed E-state index contributed by atoms with van der Waals surface area (Å²) in [4.78, 5) is 42.5. The summed E-state index contributed by atoms with van der Waals surface area (Å²) in [6, 6.07) is 13.6. The van der Waals surface area contributed by atoms with Crippen LogP contribution in [0.1, 0.15) is 37.9 Å². The monoisotopic (exact) mass is 522 g/mol. The van der Waals surface area contributed by atoms with Crippen molar-refractivity contribution in [3.05, 3.63) is 90.6 Å². The van der Waals surface area contributed by atoms with E-state index in [1.807, 2.05) is 30.3 Å². The summed E-state index contributed by atoms with van der Waals surface area (Å²) in [5.41, 5.74) is 1.96. The molecule has 1 aliphatic heterocycles. The van der Waals surface area contributed by atoms with Crippen LogP contribution in [-0.4, -0.2) is 41.4 Å². The largest absolute Gasteiger partial charge is 0.490 e. The van der Waals surface area contributed by atoms with Crippen molar-refractivity contribution in [3.63, 3.8) is 0 Å². The highest BCUT2D eigenvalue weighted by Crippen LogP contribution is 2.31.